The van der Waals surface area contributed by atoms with Crippen LogP contribution in [0.3, 0.4) is 0 Å². The van der Waals surface area contributed by atoms with Crippen molar-refractivity contribution < 1.29 is 28.6 Å². The maximum atomic E-state index is 12.8. The van der Waals surface area contributed by atoms with Gasteiger partial charge in [0.15, 0.2) is 5.41 Å². The Kier molecular flexibility index (Phi) is 7.21. The molecule has 0 aliphatic heterocycles. The Morgan fingerprint density at radius 3 is 2.21 bits per heavy atom. The van der Waals surface area contributed by atoms with Crippen LogP contribution in [-0.2, 0) is 40.4 Å². The highest BCUT2D eigenvalue weighted by Crippen LogP contribution is 2.46. The largest absolute Gasteiger partial charge is 0.468 e. The summed E-state index contributed by atoms with van der Waals surface area (Å²) in [4.78, 5) is 44.2. The molecular weight excluding hydrogens is 376 g/mol. The number of aromatic nitrogens is 1. The molecular formula is C21H30N2O6. The van der Waals surface area contributed by atoms with Crippen LogP contribution in [0.1, 0.15) is 48.6 Å². The monoisotopic (exact) mass is 406 g/mol. The number of ether oxygens (including phenoxy) is 3. The highest BCUT2D eigenvalue weighted by Gasteiger charge is 2.56. The molecule has 0 saturated heterocycles. The fraction of sp³-hybridized carbons (Fsp3) is 0.619. The standard InChI is InChI=1S/C21H30N2O6/c1-7-8-11-23(12-16(24)27-4)18-13(2)17-15(14(3)22-18)9-10-21(17,19(25)28-5)20(26)29-6/h7-12H2,1-6H3. The third-order valence-electron chi connectivity index (χ3n) is 5.60. The molecule has 0 fully saturated rings. The molecule has 0 N–H and O–H groups in total. The molecule has 8 nitrogen and oxygen atoms in total. The highest BCUT2D eigenvalue weighted by molar-refractivity contribution is 6.08. The number of pyridine rings is 1. The molecule has 0 bridgehead atoms. The summed E-state index contributed by atoms with van der Waals surface area (Å²) in [7, 11) is 3.87. The number of unbranched alkanes of at least 4 members (excludes halogenated alkanes) is 1. The van der Waals surface area contributed by atoms with Gasteiger partial charge in [0, 0.05) is 12.2 Å². The summed E-state index contributed by atoms with van der Waals surface area (Å²) in [6, 6.07) is 0. The number of rotatable bonds is 8. The average Bonchev–Trinajstić information content (AvgIpc) is 3.14. The first-order chi connectivity index (χ1) is 13.8. The van der Waals surface area contributed by atoms with Crippen molar-refractivity contribution in [3.05, 3.63) is 22.4 Å². The van der Waals surface area contributed by atoms with Gasteiger partial charge in [0.2, 0.25) is 0 Å². The van der Waals surface area contributed by atoms with E-state index >= 15 is 0 Å². The zero-order valence-electron chi connectivity index (χ0n) is 18.1. The summed E-state index contributed by atoms with van der Waals surface area (Å²) in [5.74, 6) is -1.10. The lowest BCUT2D eigenvalue weighted by atomic mass is 9.79. The molecule has 160 valence electrons. The van der Waals surface area contributed by atoms with Crippen molar-refractivity contribution in [2.45, 2.75) is 51.9 Å². The molecule has 0 spiro atoms. The molecule has 29 heavy (non-hydrogen) atoms. The van der Waals surface area contributed by atoms with Gasteiger partial charge in [-0.1, -0.05) is 13.3 Å². The van der Waals surface area contributed by atoms with Gasteiger partial charge in [0.25, 0.3) is 0 Å². The number of hydrogen-bond donors (Lipinski definition) is 0. The zero-order chi connectivity index (χ0) is 21.8. The van der Waals surface area contributed by atoms with E-state index in [0.717, 1.165) is 24.1 Å². The lowest BCUT2D eigenvalue weighted by Crippen LogP contribution is -2.44. The minimum Gasteiger partial charge on any atom is -0.468 e. The van der Waals surface area contributed by atoms with E-state index in [4.69, 9.17) is 19.2 Å². The van der Waals surface area contributed by atoms with Gasteiger partial charge in [-0.25, -0.2) is 4.98 Å². The summed E-state index contributed by atoms with van der Waals surface area (Å²) in [5.41, 5.74) is 1.33. The summed E-state index contributed by atoms with van der Waals surface area (Å²) >= 11 is 0. The van der Waals surface area contributed by atoms with E-state index in [1.807, 2.05) is 18.7 Å². The molecule has 0 saturated carbocycles. The van der Waals surface area contributed by atoms with Crippen LogP contribution in [0.4, 0.5) is 5.82 Å². The molecule has 1 aliphatic rings. The Hall–Kier alpha value is -2.64. The molecule has 0 amide bonds. The Bertz CT molecular complexity index is 789. The smallest absolute Gasteiger partial charge is 0.327 e. The number of anilines is 1. The summed E-state index contributed by atoms with van der Waals surface area (Å²) < 4.78 is 14.9. The second kappa shape index (κ2) is 9.24. The first-order valence-corrected chi connectivity index (χ1v) is 9.77. The van der Waals surface area contributed by atoms with Crippen molar-refractivity contribution in [1.29, 1.82) is 0 Å². The number of nitrogens with zero attached hydrogens (tertiary/aromatic N) is 2. The van der Waals surface area contributed by atoms with Gasteiger partial charge in [0.1, 0.15) is 12.4 Å². The number of esters is 3. The average molecular weight is 406 g/mol. The highest BCUT2D eigenvalue weighted by atomic mass is 16.5. The molecule has 1 aromatic heterocycles. The second-order valence-electron chi connectivity index (χ2n) is 7.24. The lowest BCUT2D eigenvalue weighted by Gasteiger charge is -2.30. The number of carbonyl (C=O) groups excluding carboxylic acids is 3. The Morgan fingerprint density at radius 2 is 1.69 bits per heavy atom. The molecule has 0 aromatic carbocycles. The SMILES string of the molecule is CCCCN(CC(=O)OC)c1nc(C)c2c(c1C)C(C(=O)OC)(C(=O)OC)CC2. The number of methoxy groups -OCH3 is 3. The number of hydrogen-bond acceptors (Lipinski definition) is 8. The minimum absolute atomic E-state index is 0.0337. The van der Waals surface area contributed by atoms with E-state index in [0.29, 0.717) is 29.9 Å². The lowest BCUT2D eigenvalue weighted by molar-refractivity contribution is -0.162. The van der Waals surface area contributed by atoms with Crippen molar-refractivity contribution >= 4 is 23.7 Å². The first-order valence-electron chi connectivity index (χ1n) is 9.77. The van der Waals surface area contributed by atoms with Crippen LogP contribution in [0.15, 0.2) is 0 Å². The molecule has 0 unspecified atom stereocenters. The van der Waals surface area contributed by atoms with Gasteiger partial charge in [-0.2, -0.15) is 0 Å². The van der Waals surface area contributed by atoms with Crippen LogP contribution < -0.4 is 4.90 Å². The van der Waals surface area contributed by atoms with Crippen molar-refractivity contribution in [3.8, 4) is 0 Å². The first kappa shape index (κ1) is 22.6. The molecule has 1 heterocycles. The zero-order valence-corrected chi connectivity index (χ0v) is 18.1. The summed E-state index contributed by atoms with van der Waals surface area (Å²) in [6.07, 6.45) is 2.58. The number of carbonyl (C=O) groups is 3. The molecule has 1 aliphatic carbocycles. The predicted octanol–water partition coefficient (Wildman–Crippen LogP) is 2.01. The number of fused-ring (bicyclic) bond motifs is 1. The van der Waals surface area contributed by atoms with Crippen molar-refractivity contribution in [3.63, 3.8) is 0 Å². The Labute approximate surface area is 171 Å². The summed E-state index contributed by atoms with van der Waals surface area (Å²) in [5, 5.41) is 0. The topological polar surface area (TPSA) is 95.0 Å². The van der Waals surface area contributed by atoms with Crippen molar-refractivity contribution in [1.82, 2.24) is 4.98 Å². The van der Waals surface area contributed by atoms with Gasteiger partial charge in [-0.15, -0.1) is 0 Å². The molecule has 0 atom stereocenters. The van der Waals surface area contributed by atoms with E-state index in [9.17, 15) is 14.4 Å². The van der Waals surface area contributed by atoms with E-state index < -0.39 is 17.4 Å². The molecule has 1 aromatic rings. The predicted molar refractivity (Wildman–Crippen MR) is 107 cm³/mol. The fourth-order valence-electron chi connectivity index (χ4n) is 4.13. The molecule has 0 radical (unpaired) electrons. The van der Waals surface area contributed by atoms with Gasteiger partial charge in [0.05, 0.1) is 21.3 Å². The van der Waals surface area contributed by atoms with E-state index in [-0.39, 0.29) is 18.9 Å². The third-order valence-corrected chi connectivity index (χ3v) is 5.60. The van der Waals surface area contributed by atoms with Crippen LogP contribution in [0.5, 0.6) is 0 Å². The van der Waals surface area contributed by atoms with Gasteiger partial charge >= 0.3 is 17.9 Å². The Balaban J connectivity index is 2.70. The van der Waals surface area contributed by atoms with Crippen molar-refractivity contribution in [2.75, 3.05) is 39.3 Å². The molecule has 8 heteroatoms. The third kappa shape index (κ3) is 3.93. The van der Waals surface area contributed by atoms with Crippen LogP contribution in [0.25, 0.3) is 0 Å². The maximum absolute atomic E-state index is 12.8. The van der Waals surface area contributed by atoms with Gasteiger partial charge in [-0.3, -0.25) is 14.4 Å². The van der Waals surface area contributed by atoms with Crippen LogP contribution >= 0.6 is 0 Å². The fourth-order valence-corrected chi connectivity index (χ4v) is 4.13. The Morgan fingerprint density at radius 1 is 1.07 bits per heavy atom. The van der Waals surface area contributed by atoms with E-state index in [2.05, 4.69) is 6.92 Å². The van der Waals surface area contributed by atoms with Crippen LogP contribution in [0, 0.1) is 13.8 Å². The maximum Gasteiger partial charge on any atom is 0.327 e. The van der Waals surface area contributed by atoms with Gasteiger partial charge in [-0.05, 0) is 49.8 Å². The van der Waals surface area contributed by atoms with Crippen molar-refractivity contribution in [2.24, 2.45) is 0 Å². The van der Waals surface area contributed by atoms with Crippen LogP contribution in [0.2, 0.25) is 0 Å². The van der Waals surface area contributed by atoms with Crippen LogP contribution in [-0.4, -0.2) is 57.3 Å². The van der Waals surface area contributed by atoms with E-state index in [1.165, 1.54) is 21.3 Å². The van der Waals surface area contributed by atoms with Gasteiger partial charge < -0.3 is 19.1 Å². The van der Waals surface area contributed by atoms with E-state index in [1.54, 1.807) is 0 Å². The normalized spacial score (nSPS) is 14.1. The minimum atomic E-state index is -1.52. The number of aryl methyl sites for hydroxylation is 1. The quantitative estimate of drug-likeness (QED) is 0.368. The second-order valence-corrected chi connectivity index (χ2v) is 7.24. The summed E-state index contributed by atoms with van der Waals surface area (Å²) in [6.45, 7) is 6.36. The molecule has 2 rings (SSSR count).